The summed E-state index contributed by atoms with van der Waals surface area (Å²) in [5.41, 5.74) is 5.41. The molecule has 0 aliphatic carbocycles. The average Bonchev–Trinajstić information content (AvgIpc) is 3.06. The molecule has 27 heavy (non-hydrogen) atoms. The van der Waals surface area contributed by atoms with Crippen molar-refractivity contribution in [3.05, 3.63) is 0 Å². The predicted octanol–water partition coefficient (Wildman–Crippen LogP) is -3.15. The topological polar surface area (TPSA) is 199 Å². The van der Waals surface area contributed by atoms with Gasteiger partial charge in [0.15, 0.2) is 0 Å². The summed E-state index contributed by atoms with van der Waals surface area (Å²) in [7, 11) is 0. The van der Waals surface area contributed by atoms with Crippen molar-refractivity contribution < 1.29 is 39.3 Å². The first-order valence-corrected chi connectivity index (χ1v) is 8.30. The quantitative estimate of drug-likeness (QED) is 0.236. The van der Waals surface area contributed by atoms with Crippen LogP contribution in [0.3, 0.4) is 0 Å². The molecule has 0 bridgehead atoms. The summed E-state index contributed by atoms with van der Waals surface area (Å²) >= 11 is 0. The largest absolute Gasteiger partial charge is 0.481 e. The van der Waals surface area contributed by atoms with E-state index >= 15 is 0 Å². The standard InChI is InChI=1S/C15H24N4O8/c1-7(16)12(23)17-8(5-11(21)22)14(25)19-4-2-3-10(19)13(24)18-9(6-20)15(26)27/h7-10,20H,2-6,16H2,1H3,(H,17,23)(H,18,24)(H,21,22)(H,26,27). The predicted molar refractivity (Wildman–Crippen MR) is 89.2 cm³/mol. The Bertz CT molecular complexity index is 609. The van der Waals surface area contributed by atoms with Crippen LogP contribution in [0.5, 0.6) is 0 Å². The van der Waals surface area contributed by atoms with Crippen LogP contribution < -0.4 is 16.4 Å². The van der Waals surface area contributed by atoms with Crippen LogP contribution in [0.1, 0.15) is 26.2 Å². The number of aliphatic hydroxyl groups is 1. The Morgan fingerprint density at radius 3 is 2.26 bits per heavy atom. The molecule has 12 nitrogen and oxygen atoms in total. The molecule has 1 saturated heterocycles. The van der Waals surface area contributed by atoms with E-state index in [4.69, 9.17) is 21.1 Å². The highest BCUT2D eigenvalue weighted by molar-refractivity contribution is 5.95. The number of likely N-dealkylation sites (tertiary alicyclic amines) is 1. The van der Waals surface area contributed by atoms with Crippen LogP contribution in [0.15, 0.2) is 0 Å². The van der Waals surface area contributed by atoms with E-state index in [1.807, 2.05) is 0 Å². The third-order valence-electron chi connectivity index (χ3n) is 4.04. The van der Waals surface area contributed by atoms with E-state index in [0.717, 1.165) is 4.90 Å². The Morgan fingerprint density at radius 1 is 1.15 bits per heavy atom. The van der Waals surface area contributed by atoms with Crippen LogP contribution in [0.25, 0.3) is 0 Å². The number of nitrogens with zero attached hydrogens (tertiary/aromatic N) is 1. The highest BCUT2D eigenvalue weighted by Crippen LogP contribution is 2.19. The van der Waals surface area contributed by atoms with Crippen molar-refractivity contribution in [2.45, 2.75) is 50.4 Å². The molecule has 0 spiro atoms. The van der Waals surface area contributed by atoms with Crippen LogP contribution in [0.2, 0.25) is 0 Å². The lowest BCUT2D eigenvalue weighted by atomic mass is 10.1. The van der Waals surface area contributed by atoms with Gasteiger partial charge in [-0.15, -0.1) is 0 Å². The number of rotatable bonds is 9. The molecule has 0 aromatic rings. The number of hydrogen-bond donors (Lipinski definition) is 6. The monoisotopic (exact) mass is 388 g/mol. The molecule has 0 radical (unpaired) electrons. The van der Waals surface area contributed by atoms with Gasteiger partial charge in [-0.25, -0.2) is 4.79 Å². The molecule has 0 saturated carbocycles. The highest BCUT2D eigenvalue weighted by atomic mass is 16.4. The number of hydrogen-bond acceptors (Lipinski definition) is 7. The van der Waals surface area contributed by atoms with Gasteiger partial charge in [-0.2, -0.15) is 0 Å². The van der Waals surface area contributed by atoms with Crippen LogP contribution in [-0.2, 0) is 24.0 Å². The van der Waals surface area contributed by atoms with E-state index in [2.05, 4.69) is 10.6 Å². The van der Waals surface area contributed by atoms with Crippen LogP contribution in [-0.4, -0.2) is 87.2 Å². The Kier molecular flexibility index (Phi) is 8.12. The number of aliphatic carboxylic acids is 2. The van der Waals surface area contributed by atoms with Gasteiger partial charge >= 0.3 is 11.9 Å². The first kappa shape index (κ1) is 22.3. The highest BCUT2D eigenvalue weighted by Gasteiger charge is 2.39. The molecule has 0 aromatic carbocycles. The molecular weight excluding hydrogens is 364 g/mol. The molecule has 1 rings (SSSR count). The van der Waals surface area contributed by atoms with Gasteiger partial charge in [0.25, 0.3) is 0 Å². The molecule has 0 aromatic heterocycles. The second-order valence-electron chi connectivity index (χ2n) is 6.22. The fourth-order valence-electron chi connectivity index (χ4n) is 2.63. The van der Waals surface area contributed by atoms with Crippen LogP contribution in [0, 0.1) is 0 Å². The number of nitrogens with two attached hydrogens (primary N) is 1. The Labute approximate surface area is 154 Å². The first-order chi connectivity index (χ1) is 12.6. The number of aliphatic hydroxyl groups excluding tert-OH is 1. The number of amides is 3. The Hall–Kier alpha value is -2.73. The van der Waals surface area contributed by atoms with Crippen LogP contribution >= 0.6 is 0 Å². The van der Waals surface area contributed by atoms with Gasteiger partial charge in [-0.3, -0.25) is 19.2 Å². The summed E-state index contributed by atoms with van der Waals surface area (Å²) in [5.74, 6) is -5.05. The zero-order valence-corrected chi connectivity index (χ0v) is 14.8. The Morgan fingerprint density at radius 2 is 1.78 bits per heavy atom. The molecule has 4 atom stereocenters. The van der Waals surface area contributed by atoms with Crippen molar-refractivity contribution in [1.29, 1.82) is 0 Å². The van der Waals surface area contributed by atoms with Gasteiger partial charge in [0.05, 0.1) is 19.1 Å². The van der Waals surface area contributed by atoms with Gasteiger partial charge in [0, 0.05) is 6.54 Å². The molecule has 1 heterocycles. The van der Waals surface area contributed by atoms with Crippen molar-refractivity contribution in [3.63, 3.8) is 0 Å². The minimum Gasteiger partial charge on any atom is -0.481 e. The maximum absolute atomic E-state index is 12.7. The molecule has 4 unspecified atom stereocenters. The second kappa shape index (κ2) is 9.83. The van der Waals surface area contributed by atoms with E-state index in [0.29, 0.717) is 6.42 Å². The number of carboxylic acid groups (broad SMARTS) is 2. The third kappa shape index (κ3) is 6.18. The summed E-state index contributed by atoms with van der Waals surface area (Å²) in [6, 6.07) is -4.94. The smallest absolute Gasteiger partial charge is 0.328 e. The minimum atomic E-state index is -1.53. The minimum absolute atomic E-state index is 0.137. The van der Waals surface area contributed by atoms with Gasteiger partial charge in [0.1, 0.15) is 18.1 Å². The summed E-state index contributed by atoms with van der Waals surface area (Å²) in [4.78, 5) is 59.8. The molecule has 152 valence electrons. The Balaban J connectivity index is 2.92. The first-order valence-electron chi connectivity index (χ1n) is 8.30. The van der Waals surface area contributed by atoms with Crippen molar-refractivity contribution in [2.75, 3.05) is 13.2 Å². The fraction of sp³-hybridized carbons (Fsp3) is 0.667. The van der Waals surface area contributed by atoms with Gasteiger partial charge in [-0.1, -0.05) is 0 Å². The van der Waals surface area contributed by atoms with Crippen LogP contribution in [0.4, 0.5) is 0 Å². The van der Waals surface area contributed by atoms with E-state index in [1.165, 1.54) is 6.92 Å². The molecule has 3 amide bonds. The molecular formula is C15H24N4O8. The lowest BCUT2D eigenvalue weighted by molar-refractivity contribution is -0.147. The summed E-state index contributed by atoms with van der Waals surface area (Å²) < 4.78 is 0. The van der Waals surface area contributed by atoms with Crippen molar-refractivity contribution in [1.82, 2.24) is 15.5 Å². The average molecular weight is 388 g/mol. The van der Waals surface area contributed by atoms with Gasteiger partial charge in [-0.05, 0) is 19.8 Å². The lowest BCUT2D eigenvalue weighted by Gasteiger charge is -2.29. The summed E-state index contributed by atoms with van der Waals surface area (Å²) in [6.07, 6.45) is -0.0331. The summed E-state index contributed by atoms with van der Waals surface area (Å²) in [5, 5.41) is 31.3. The number of carbonyl (C=O) groups excluding carboxylic acids is 3. The van der Waals surface area contributed by atoms with E-state index < -0.39 is 66.9 Å². The normalized spacial score (nSPS) is 19.7. The molecule has 1 aliphatic rings. The fourth-order valence-corrected chi connectivity index (χ4v) is 2.63. The third-order valence-corrected chi connectivity index (χ3v) is 4.04. The number of nitrogens with one attached hydrogen (secondary N) is 2. The maximum atomic E-state index is 12.7. The van der Waals surface area contributed by atoms with Crippen molar-refractivity contribution in [2.24, 2.45) is 5.73 Å². The molecule has 7 N–H and O–H groups in total. The van der Waals surface area contributed by atoms with Gasteiger partial charge < -0.3 is 36.6 Å². The lowest BCUT2D eigenvalue weighted by Crippen LogP contribution is -2.57. The number of carboxylic acids is 2. The number of carbonyl (C=O) groups is 5. The van der Waals surface area contributed by atoms with E-state index in [1.54, 1.807) is 0 Å². The van der Waals surface area contributed by atoms with Crippen molar-refractivity contribution >= 4 is 29.7 Å². The zero-order valence-electron chi connectivity index (χ0n) is 14.8. The second-order valence-corrected chi connectivity index (χ2v) is 6.22. The molecule has 1 aliphatic heterocycles. The van der Waals surface area contributed by atoms with E-state index in [-0.39, 0.29) is 13.0 Å². The SMILES string of the molecule is CC(N)C(=O)NC(CC(=O)O)C(=O)N1CCCC1C(=O)NC(CO)C(=O)O. The van der Waals surface area contributed by atoms with Gasteiger partial charge in [0.2, 0.25) is 17.7 Å². The molecule has 12 heteroatoms. The summed E-state index contributed by atoms with van der Waals surface area (Å²) in [6.45, 7) is 0.677. The maximum Gasteiger partial charge on any atom is 0.328 e. The van der Waals surface area contributed by atoms with Crippen molar-refractivity contribution in [3.8, 4) is 0 Å². The zero-order chi connectivity index (χ0) is 20.7. The molecule has 1 fully saturated rings. The van der Waals surface area contributed by atoms with E-state index in [9.17, 15) is 24.0 Å².